The van der Waals surface area contributed by atoms with Crippen LogP contribution in [0.25, 0.3) is 0 Å². The van der Waals surface area contributed by atoms with Crippen molar-refractivity contribution in [3.05, 3.63) is 10.6 Å². The SMILES string of the molecule is CCOC(=O)c1nc(N2CCC(OC)CC2)sc1C. The van der Waals surface area contributed by atoms with Crippen molar-refractivity contribution in [1.82, 2.24) is 4.98 Å². The lowest BCUT2D eigenvalue weighted by atomic mass is 10.1. The Kier molecular flexibility index (Phi) is 4.76. The molecule has 0 radical (unpaired) electrons. The van der Waals surface area contributed by atoms with Crippen molar-refractivity contribution in [2.24, 2.45) is 0 Å². The molecule has 0 amide bonds. The molecule has 2 heterocycles. The zero-order chi connectivity index (χ0) is 13.8. The minimum atomic E-state index is -0.325. The summed E-state index contributed by atoms with van der Waals surface area (Å²) in [6.07, 6.45) is 2.36. The molecule has 1 aliphatic rings. The lowest BCUT2D eigenvalue weighted by Gasteiger charge is -2.30. The van der Waals surface area contributed by atoms with E-state index in [-0.39, 0.29) is 5.97 Å². The Balaban J connectivity index is 2.06. The van der Waals surface area contributed by atoms with E-state index in [4.69, 9.17) is 9.47 Å². The minimum absolute atomic E-state index is 0.325. The van der Waals surface area contributed by atoms with E-state index < -0.39 is 0 Å². The highest BCUT2D eigenvalue weighted by Crippen LogP contribution is 2.28. The second-order valence-corrected chi connectivity index (χ2v) is 5.73. The monoisotopic (exact) mass is 284 g/mol. The quantitative estimate of drug-likeness (QED) is 0.794. The lowest BCUT2D eigenvalue weighted by Crippen LogP contribution is -2.36. The number of aryl methyl sites for hydroxylation is 1. The van der Waals surface area contributed by atoms with Crippen molar-refractivity contribution in [1.29, 1.82) is 0 Å². The van der Waals surface area contributed by atoms with Gasteiger partial charge in [-0.15, -0.1) is 11.3 Å². The zero-order valence-electron chi connectivity index (χ0n) is 11.6. The van der Waals surface area contributed by atoms with Crippen molar-refractivity contribution in [2.45, 2.75) is 32.8 Å². The highest BCUT2D eigenvalue weighted by molar-refractivity contribution is 7.15. The maximum absolute atomic E-state index is 11.7. The van der Waals surface area contributed by atoms with E-state index in [2.05, 4.69) is 9.88 Å². The van der Waals surface area contributed by atoms with Gasteiger partial charge in [-0.25, -0.2) is 9.78 Å². The van der Waals surface area contributed by atoms with Crippen LogP contribution in [-0.2, 0) is 9.47 Å². The van der Waals surface area contributed by atoms with Gasteiger partial charge in [0.1, 0.15) is 0 Å². The number of methoxy groups -OCH3 is 1. The number of nitrogens with zero attached hydrogens (tertiary/aromatic N) is 2. The van der Waals surface area contributed by atoms with E-state index >= 15 is 0 Å². The molecule has 0 saturated carbocycles. The van der Waals surface area contributed by atoms with Gasteiger partial charge in [0.25, 0.3) is 0 Å². The molecule has 0 N–H and O–H groups in total. The van der Waals surface area contributed by atoms with Crippen molar-refractivity contribution < 1.29 is 14.3 Å². The first-order valence-electron chi connectivity index (χ1n) is 6.58. The predicted octanol–water partition coefficient (Wildman–Crippen LogP) is 2.24. The van der Waals surface area contributed by atoms with Gasteiger partial charge in [-0.3, -0.25) is 0 Å². The Morgan fingerprint density at radius 1 is 1.47 bits per heavy atom. The third-order valence-corrected chi connectivity index (χ3v) is 4.33. The van der Waals surface area contributed by atoms with Crippen molar-refractivity contribution in [2.75, 3.05) is 31.7 Å². The van der Waals surface area contributed by atoms with Gasteiger partial charge >= 0.3 is 5.97 Å². The van der Waals surface area contributed by atoms with Crippen LogP contribution in [0.3, 0.4) is 0 Å². The number of hydrogen-bond acceptors (Lipinski definition) is 6. The van der Waals surface area contributed by atoms with Crippen LogP contribution < -0.4 is 4.90 Å². The van der Waals surface area contributed by atoms with Gasteiger partial charge in [0.15, 0.2) is 10.8 Å². The lowest BCUT2D eigenvalue weighted by molar-refractivity contribution is 0.0519. The fourth-order valence-corrected chi connectivity index (χ4v) is 3.14. The second-order valence-electron chi connectivity index (χ2n) is 4.54. The fourth-order valence-electron chi connectivity index (χ4n) is 2.19. The van der Waals surface area contributed by atoms with Gasteiger partial charge in [-0.1, -0.05) is 0 Å². The molecule has 1 saturated heterocycles. The predicted molar refractivity (Wildman–Crippen MR) is 75.1 cm³/mol. The zero-order valence-corrected chi connectivity index (χ0v) is 12.5. The molecule has 0 aromatic carbocycles. The molecule has 1 aliphatic heterocycles. The van der Waals surface area contributed by atoms with Crippen LogP contribution in [0.4, 0.5) is 5.13 Å². The first kappa shape index (κ1) is 14.3. The summed E-state index contributed by atoms with van der Waals surface area (Å²) in [5.41, 5.74) is 0.454. The Bertz CT molecular complexity index is 439. The summed E-state index contributed by atoms with van der Waals surface area (Å²) in [5, 5.41) is 0.912. The molecular formula is C13H20N2O3S. The maximum atomic E-state index is 11.7. The number of ether oxygens (including phenoxy) is 2. The molecular weight excluding hydrogens is 264 g/mol. The third kappa shape index (κ3) is 3.25. The number of hydrogen-bond donors (Lipinski definition) is 0. The maximum Gasteiger partial charge on any atom is 0.358 e. The summed E-state index contributed by atoms with van der Waals surface area (Å²) >= 11 is 1.56. The van der Waals surface area contributed by atoms with Crippen LogP contribution in [0.1, 0.15) is 35.1 Å². The Morgan fingerprint density at radius 2 is 2.16 bits per heavy atom. The average Bonchev–Trinajstić information content (AvgIpc) is 2.81. The third-order valence-electron chi connectivity index (χ3n) is 3.30. The molecule has 5 nitrogen and oxygen atoms in total. The largest absolute Gasteiger partial charge is 0.461 e. The summed E-state index contributed by atoms with van der Waals surface area (Å²) < 4.78 is 10.4. The first-order chi connectivity index (χ1) is 9.15. The van der Waals surface area contributed by atoms with Crippen molar-refractivity contribution >= 4 is 22.4 Å². The normalized spacial score (nSPS) is 16.7. The number of esters is 1. The fraction of sp³-hybridized carbons (Fsp3) is 0.692. The van der Waals surface area contributed by atoms with E-state index in [1.807, 2.05) is 6.92 Å². The van der Waals surface area contributed by atoms with E-state index in [9.17, 15) is 4.79 Å². The van der Waals surface area contributed by atoms with Gasteiger partial charge in [0.2, 0.25) is 0 Å². The molecule has 1 fully saturated rings. The number of carbonyl (C=O) groups is 1. The number of aromatic nitrogens is 1. The molecule has 19 heavy (non-hydrogen) atoms. The van der Waals surface area contributed by atoms with Gasteiger partial charge in [0.05, 0.1) is 12.7 Å². The molecule has 0 bridgehead atoms. The van der Waals surface area contributed by atoms with E-state index in [0.29, 0.717) is 18.4 Å². The number of rotatable bonds is 4. The molecule has 1 aromatic heterocycles. The summed E-state index contributed by atoms with van der Waals surface area (Å²) in [6, 6.07) is 0. The van der Waals surface area contributed by atoms with Gasteiger partial charge in [0, 0.05) is 25.1 Å². The van der Waals surface area contributed by atoms with Crippen molar-refractivity contribution in [3.63, 3.8) is 0 Å². The topological polar surface area (TPSA) is 51.7 Å². The van der Waals surface area contributed by atoms with Crippen LogP contribution >= 0.6 is 11.3 Å². The number of piperidine rings is 1. The van der Waals surface area contributed by atoms with Crippen LogP contribution in [0.15, 0.2) is 0 Å². The molecule has 0 atom stereocenters. The Morgan fingerprint density at radius 3 is 2.74 bits per heavy atom. The van der Waals surface area contributed by atoms with Crippen molar-refractivity contribution in [3.8, 4) is 0 Å². The van der Waals surface area contributed by atoms with Gasteiger partial charge in [-0.2, -0.15) is 0 Å². The van der Waals surface area contributed by atoms with Crippen LogP contribution in [0.2, 0.25) is 0 Å². The molecule has 2 rings (SSSR count). The number of thiazole rings is 1. The number of anilines is 1. The summed E-state index contributed by atoms with van der Waals surface area (Å²) in [4.78, 5) is 19.3. The van der Waals surface area contributed by atoms with E-state index in [1.54, 1.807) is 25.4 Å². The molecule has 0 spiro atoms. The first-order valence-corrected chi connectivity index (χ1v) is 7.39. The summed E-state index contributed by atoms with van der Waals surface area (Å²) in [5.74, 6) is -0.325. The van der Waals surface area contributed by atoms with Crippen LogP contribution in [0.5, 0.6) is 0 Å². The van der Waals surface area contributed by atoms with Gasteiger partial charge in [-0.05, 0) is 26.7 Å². The Labute approximate surface area is 117 Å². The molecule has 1 aromatic rings. The van der Waals surface area contributed by atoms with Crippen LogP contribution in [0, 0.1) is 6.92 Å². The van der Waals surface area contributed by atoms with E-state index in [1.165, 1.54) is 0 Å². The standard InChI is InChI=1S/C13H20N2O3S/c1-4-18-12(16)11-9(2)19-13(14-11)15-7-5-10(17-3)6-8-15/h10H,4-8H2,1-3H3. The molecule has 0 aliphatic carbocycles. The summed E-state index contributed by atoms with van der Waals surface area (Å²) in [6.45, 7) is 5.94. The molecule has 6 heteroatoms. The minimum Gasteiger partial charge on any atom is -0.461 e. The highest BCUT2D eigenvalue weighted by atomic mass is 32.1. The second kappa shape index (κ2) is 6.34. The molecule has 0 unspecified atom stereocenters. The highest BCUT2D eigenvalue weighted by Gasteiger charge is 2.24. The average molecular weight is 284 g/mol. The summed E-state index contributed by atoms with van der Waals surface area (Å²) in [7, 11) is 1.76. The number of carbonyl (C=O) groups excluding carboxylic acids is 1. The smallest absolute Gasteiger partial charge is 0.358 e. The van der Waals surface area contributed by atoms with Crippen LogP contribution in [-0.4, -0.2) is 43.9 Å². The van der Waals surface area contributed by atoms with Gasteiger partial charge < -0.3 is 14.4 Å². The van der Waals surface area contributed by atoms with E-state index in [0.717, 1.165) is 35.9 Å². The Hall–Kier alpha value is -1.14. The molecule has 106 valence electrons.